The maximum Gasteiger partial charge on any atom is 0.303 e. The molecule has 1 atom stereocenters. The molecule has 1 N–H and O–H groups in total. The summed E-state index contributed by atoms with van der Waals surface area (Å²) in [4.78, 5) is 10.7. The van der Waals surface area contributed by atoms with Gasteiger partial charge in [-0.15, -0.1) is 0 Å². The maximum atomic E-state index is 10.7. The van der Waals surface area contributed by atoms with Crippen LogP contribution in [0.3, 0.4) is 0 Å². The lowest BCUT2D eigenvalue weighted by Gasteiger charge is -2.28. The van der Waals surface area contributed by atoms with E-state index < -0.39 is 5.97 Å². The molecule has 0 amide bonds. The van der Waals surface area contributed by atoms with Crippen LogP contribution >= 0.6 is 0 Å². The number of hydrogen-bond donors (Lipinski definition) is 1. The predicted octanol–water partition coefficient (Wildman–Crippen LogP) is 2.56. The van der Waals surface area contributed by atoms with Crippen molar-refractivity contribution >= 4 is 5.97 Å². The van der Waals surface area contributed by atoms with Crippen molar-refractivity contribution in [2.24, 2.45) is 0 Å². The zero-order valence-electron chi connectivity index (χ0n) is 10.7. The Labute approximate surface area is 107 Å². The minimum atomic E-state index is -0.796. The summed E-state index contributed by atoms with van der Waals surface area (Å²) in [5.41, 5.74) is 2.00. The number of aryl methyl sites for hydroxylation is 1. The quantitative estimate of drug-likeness (QED) is 0.892. The van der Waals surface area contributed by atoms with Crippen LogP contribution < -0.4 is 9.47 Å². The topological polar surface area (TPSA) is 55.8 Å². The first-order valence-electron chi connectivity index (χ1n) is 6.25. The highest BCUT2D eigenvalue weighted by Crippen LogP contribution is 2.38. The lowest BCUT2D eigenvalue weighted by atomic mass is 10.0. The molecule has 4 nitrogen and oxygen atoms in total. The van der Waals surface area contributed by atoms with Crippen molar-refractivity contribution in [2.45, 2.75) is 39.2 Å². The molecule has 0 aromatic heterocycles. The molecule has 0 bridgehead atoms. The molecule has 2 rings (SSSR count). The minimum Gasteiger partial charge on any atom is -0.486 e. The molecule has 1 unspecified atom stereocenters. The van der Waals surface area contributed by atoms with Crippen LogP contribution in [-0.2, 0) is 11.2 Å². The van der Waals surface area contributed by atoms with Crippen LogP contribution in [0.25, 0.3) is 0 Å². The second-order valence-corrected chi connectivity index (χ2v) is 4.54. The first-order valence-corrected chi connectivity index (χ1v) is 6.25. The predicted molar refractivity (Wildman–Crippen MR) is 67.3 cm³/mol. The van der Waals surface area contributed by atoms with E-state index in [1.165, 1.54) is 0 Å². The van der Waals surface area contributed by atoms with Crippen LogP contribution in [0.4, 0.5) is 0 Å². The first kappa shape index (κ1) is 12.7. The third-order valence-electron chi connectivity index (χ3n) is 3.21. The van der Waals surface area contributed by atoms with Gasteiger partial charge in [0.05, 0.1) is 0 Å². The van der Waals surface area contributed by atoms with Crippen LogP contribution in [0, 0.1) is 6.92 Å². The fraction of sp³-hybridized carbons (Fsp3) is 0.500. The highest BCUT2D eigenvalue weighted by molar-refractivity contribution is 5.67. The molecule has 0 spiro atoms. The molecule has 1 aromatic carbocycles. The summed E-state index contributed by atoms with van der Waals surface area (Å²) in [6.45, 7) is 4.58. The molecular formula is C14H18O4. The van der Waals surface area contributed by atoms with Gasteiger partial charge in [0.2, 0.25) is 0 Å². The number of benzene rings is 1. The van der Waals surface area contributed by atoms with Gasteiger partial charge in [0.15, 0.2) is 11.5 Å². The molecular weight excluding hydrogens is 232 g/mol. The summed E-state index contributed by atoms with van der Waals surface area (Å²) in [5.74, 6) is 0.663. The Morgan fingerprint density at radius 1 is 1.50 bits per heavy atom. The summed E-state index contributed by atoms with van der Waals surface area (Å²) in [6.07, 6.45) is 1.52. The van der Waals surface area contributed by atoms with Crippen molar-refractivity contribution in [3.8, 4) is 11.5 Å². The SMILES string of the molecule is CCC1COc2ccc(C)c(CCC(=O)O)c2O1. The third-order valence-corrected chi connectivity index (χ3v) is 3.21. The second kappa shape index (κ2) is 5.29. The molecule has 0 saturated carbocycles. The first-order chi connectivity index (χ1) is 8.61. The van der Waals surface area contributed by atoms with Gasteiger partial charge >= 0.3 is 5.97 Å². The average Bonchev–Trinajstić information content (AvgIpc) is 2.36. The van der Waals surface area contributed by atoms with Crippen molar-refractivity contribution < 1.29 is 19.4 Å². The standard InChI is InChI=1S/C14H18O4/c1-3-10-8-17-12-6-4-9(2)11(14(12)18-10)5-7-13(15)16/h4,6,10H,3,5,7-8H2,1-2H3,(H,15,16). The van der Waals surface area contributed by atoms with Crippen LogP contribution in [-0.4, -0.2) is 23.8 Å². The van der Waals surface area contributed by atoms with Crippen LogP contribution in [0.2, 0.25) is 0 Å². The van der Waals surface area contributed by atoms with Gasteiger partial charge in [0, 0.05) is 12.0 Å². The Hall–Kier alpha value is -1.71. The van der Waals surface area contributed by atoms with E-state index in [0.717, 1.165) is 29.0 Å². The van der Waals surface area contributed by atoms with Crippen molar-refractivity contribution in [2.75, 3.05) is 6.61 Å². The van der Waals surface area contributed by atoms with Gasteiger partial charge in [-0.05, 0) is 31.4 Å². The smallest absolute Gasteiger partial charge is 0.303 e. The van der Waals surface area contributed by atoms with Gasteiger partial charge in [-0.3, -0.25) is 4.79 Å². The van der Waals surface area contributed by atoms with Gasteiger partial charge in [-0.25, -0.2) is 0 Å². The fourth-order valence-corrected chi connectivity index (χ4v) is 2.07. The van der Waals surface area contributed by atoms with Crippen molar-refractivity contribution in [1.29, 1.82) is 0 Å². The lowest BCUT2D eigenvalue weighted by molar-refractivity contribution is -0.136. The molecule has 0 aliphatic carbocycles. The highest BCUT2D eigenvalue weighted by atomic mass is 16.6. The molecule has 98 valence electrons. The fourth-order valence-electron chi connectivity index (χ4n) is 2.07. The average molecular weight is 250 g/mol. The van der Waals surface area contributed by atoms with E-state index in [9.17, 15) is 4.79 Å². The zero-order chi connectivity index (χ0) is 13.1. The number of carbonyl (C=O) groups is 1. The summed E-state index contributed by atoms with van der Waals surface area (Å²) < 4.78 is 11.6. The molecule has 18 heavy (non-hydrogen) atoms. The van der Waals surface area contributed by atoms with E-state index in [4.69, 9.17) is 14.6 Å². The molecule has 1 aromatic rings. The Balaban J connectivity index is 2.29. The van der Waals surface area contributed by atoms with Gasteiger partial charge in [-0.1, -0.05) is 13.0 Å². The van der Waals surface area contributed by atoms with E-state index in [-0.39, 0.29) is 12.5 Å². The Kier molecular flexibility index (Phi) is 3.75. The van der Waals surface area contributed by atoms with E-state index >= 15 is 0 Å². The van der Waals surface area contributed by atoms with E-state index in [2.05, 4.69) is 0 Å². The summed E-state index contributed by atoms with van der Waals surface area (Å²) in [5, 5.41) is 8.80. The zero-order valence-corrected chi connectivity index (χ0v) is 10.7. The number of carboxylic acid groups (broad SMARTS) is 1. The van der Waals surface area contributed by atoms with Gasteiger partial charge in [-0.2, -0.15) is 0 Å². The van der Waals surface area contributed by atoms with Gasteiger partial charge < -0.3 is 14.6 Å². The van der Waals surface area contributed by atoms with Crippen molar-refractivity contribution in [3.05, 3.63) is 23.3 Å². The summed E-state index contributed by atoms with van der Waals surface area (Å²) in [6, 6.07) is 3.84. The van der Waals surface area contributed by atoms with E-state index in [1.54, 1.807) is 0 Å². The summed E-state index contributed by atoms with van der Waals surface area (Å²) >= 11 is 0. The molecule has 0 saturated heterocycles. The summed E-state index contributed by atoms with van der Waals surface area (Å²) in [7, 11) is 0. The van der Waals surface area contributed by atoms with Gasteiger partial charge in [0.25, 0.3) is 0 Å². The molecule has 4 heteroatoms. The maximum absolute atomic E-state index is 10.7. The van der Waals surface area contributed by atoms with E-state index in [1.807, 2.05) is 26.0 Å². The van der Waals surface area contributed by atoms with Crippen molar-refractivity contribution in [3.63, 3.8) is 0 Å². The number of fused-ring (bicyclic) bond motifs is 1. The number of hydrogen-bond acceptors (Lipinski definition) is 3. The monoisotopic (exact) mass is 250 g/mol. The third kappa shape index (κ3) is 2.58. The highest BCUT2D eigenvalue weighted by Gasteiger charge is 2.23. The largest absolute Gasteiger partial charge is 0.486 e. The van der Waals surface area contributed by atoms with Crippen LogP contribution in [0.1, 0.15) is 30.9 Å². The van der Waals surface area contributed by atoms with Crippen LogP contribution in [0.15, 0.2) is 12.1 Å². The molecule has 1 heterocycles. The Morgan fingerprint density at radius 2 is 2.28 bits per heavy atom. The van der Waals surface area contributed by atoms with Gasteiger partial charge in [0.1, 0.15) is 12.7 Å². The molecule has 1 aliphatic heterocycles. The van der Waals surface area contributed by atoms with E-state index in [0.29, 0.717) is 13.0 Å². The Bertz CT molecular complexity index is 453. The normalized spacial score (nSPS) is 17.6. The van der Waals surface area contributed by atoms with Crippen molar-refractivity contribution in [1.82, 2.24) is 0 Å². The number of ether oxygens (including phenoxy) is 2. The molecule has 0 radical (unpaired) electrons. The number of carboxylic acids is 1. The second-order valence-electron chi connectivity index (χ2n) is 4.54. The Morgan fingerprint density at radius 3 is 2.94 bits per heavy atom. The lowest BCUT2D eigenvalue weighted by Crippen LogP contribution is -2.29. The van der Waals surface area contributed by atoms with Crippen LogP contribution in [0.5, 0.6) is 11.5 Å². The minimum absolute atomic E-state index is 0.0582. The molecule has 0 fully saturated rings. The number of aliphatic carboxylic acids is 1. The number of rotatable bonds is 4. The molecule has 1 aliphatic rings.